The maximum absolute atomic E-state index is 12.1. The van der Waals surface area contributed by atoms with Crippen molar-refractivity contribution >= 4 is 11.6 Å². The Bertz CT molecular complexity index is 456. The van der Waals surface area contributed by atoms with Crippen LogP contribution in [0.4, 0.5) is 18.9 Å². The fraction of sp³-hybridized carbons (Fsp3) is 0.417. The van der Waals surface area contributed by atoms with Gasteiger partial charge in [-0.15, -0.1) is 13.2 Å². The maximum Gasteiger partial charge on any atom is 0.573 e. The lowest BCUT2D eigenvalue weighted by molar-refractivity contribution is -0.274. The summed E-state index contributed by atoms with van der Waals surface area (Å²) in [6, 6.07) is 5.12. The van der Waals surface area contributed by atoms with E-state index in [1.807, 2.05) is 0 Å². The standard InChI is InChI=1S/C12H12F3NO3/c13-12(14,15)19-9-4-1-3-8(7-9)16-11(17)10-5-2-6-18-10/h1,3-4,7,10H,2,5-6H2,(H,16,17)/t10-/m1/s1. The summed E-state index contributed by atoms with van der Waals surface area (Å²) in [6.45, 7) is 0.523. The molecule has 7 heteroatoms. The molecule has 0 radical (unpaired) electrons. The smallest absolute Gasteiger partial charge is 0.406 e. The Morgan fingerprint density at radius 1 is 1.42 bits per heavy atom. The van der Waals surface area contributed by atoms with Crippen molar-refractivity contribution in [2.24, 2.45) is 0 Å². The first-order chi connectivity index (χ1) is 8.94. The second-order valence-corrected chi connectivity index (χ2v) is 4.07. The predicted molar refractivity (Wildman–Crippen MR) is 60.7 cm³/mol. The van der Waals surface area contributed by atoms with Crippen LogP contribution in [0.1, 0.15) is 12.8 Å². The van der Waals surface area contributed by atoms with Crippen molar-refractivity contribution in [3.05, 3.63) is 24.3 Å². The summed E-state index contributed by atoms with van der Waals surface area (Å²) in [4.78, 5) is 11.7. The molecule has 19 heavy (non-hydrogen) atoms. The van der Waals surface area contributed by atoms with E-state index in [0.717, 1.165) is 18.6 Å². The van der Waals surface area contributed by atoms with Crippen molar-refractivity contribution in [1.82, 2.24) is 0 Å². The van der Waals surface area contributed by atoms with Gasteiger partial charge < -0.3 is 14.8 Å². The van der Waals surface area contributed by atoms with E-state index < -0.39 is 12.5 Å². The topological polar surface area (TPSA) is 47.6 Å². The number of hydrogen-bond donors (Lipinski definition) is 1. The van der Waals surface area contributed by atoms with Crippen LogP contribution >= 0.6 is 0 Å². The fourth-order valence-corrected chi connectivity index (χ4v) is 1.78. The molecular formula is C12H12F3NO3. The number of benzene rings is 1. The van der Waals surface area contributed by atoms with Crippen LogP contribution in [0.2, 0.25) is 0 Å². The lowest BCUT2D eigenvalue weighted by atomic mass is 10.2. The van der Waals surface area contributed by atoms with E-state index in [9.17, 15) is 18.0 Å². The van der Waals surface area contributed by atoms with Gasteiger partial charge in [-0.2, -0.15) is 0 Å². The molecule has 1 aromatic rings. The molecule has 1 aromatic carbocycles. The molecule has 2 rings (SSSR count). The van der Waals surface area contributed by atoms with Gasteiger partial charge in [0.2, 0.25) is 0 Å². The fourth-order valence-electron chi connectivity index (χ4n) is 1.78. The minimum atomic E-state index is -4.75. The highest BCUT2D eigenvalue weighted by atomic mass is 19.4. The molecular weight excluding hydrogens is 263 g/mol. The molecule has 1 heterocycles. The van der Waals surface area contributed by atoms with Crippen molar-refractivity contribution in [2.45, 2.75) is 25.3 Å². The molecule has 1 fully saturated rings. The SMILES string of the molecule is O=C(Nc1cccc(OC(F)(F)F)c1)[C@H]1CCCO1. The monoisotopic (exact) mass is 275 g/mol. The number of halogens is 3. The highest BCUT2D eigenvalue weighted by Gasteiger charge is 2.31. The van der Waals surface area contributed by atoms with Gasteiger partial charge in [-0.05, 0) is 25.0 Å². The molecule has 104 valence electrons. The zero-order chi connectivity index (χ0) is 13.9. The summed E-state index contributed by atoms with van der Waals surface area (Å²) in [5.41, 5.74) is 0.238. The van der Waals surface area contributed by atoms with Crippen molar-refractivity contribution in [3.8, 4) is 5.75 Å². The lowest BCUT2D eigenvalue weighted by Gasteiger charge is -2.12. The minimum absolute atomic E-state index is 0.238. The Morgan fingerprint density at radius 3 is 2.84 bits per heavy atom. The molecule has 1 aliphatic heterocycles. The van der Waals surface area contributed by atoms with Gasteiger partial charge in [-0.1, -0.05) is 6.07 Å². The maximum atomic E-state index is 12.1. The molecule has 0 saturated carbocycles. The second kappa shape index (κ2) is 5.48. The number of carbonyl (C=O) groups is 1. The second-order valence-electron chi connectivity index (χ2n) is 4.07. The van der Waals surface area contributed by atoms with E-state index >= 15 is 0 Å². The van der Waals surface area contributed by atoms with E-state index in [0.29, 0.717) is 13.0 Å². The zero-order valence-electron chi connectivity index (χ0n) is 9.87. The summed E-state index contributed by atoms with van der Waals surface area (Å²) in [7, 11) is 0. The first-order valence-electron chi connectivity index (χ1n) is 5.72. The van der Waals surface area contributed by atoms with Crippen LogP contribution in [0, 0.1) is 0 Å². The van der Waals surface area contributed by atoms with Crippen molar-refractivity contribution in [1.29, 1.82) is 0 Å². The molecule has 1 saturated heterocycles. The van der Waals surface area contributed by atoms with Crippen molar-refractivity contribution in [2.75, 3.05) is 11.9 Å². The van der Waals surface area contributed by atoms with E-state index in [4.69, 9.17) is 4.74 Å². The summed E-state index contributed by atoms with van der Waals surface area (Å²) < 4.78 is 45.1. The van der Waals surface area contributed by atoms with Gasteiger partial charge in [0.1, 0.15) is 11.9 Å². The van der Waals surface area contributed by atoms with E-state index in [1.54, 1.807) is 0 Å². The van der Waals surface area contributed by atoms with E-state index in [2.05, 4.69) is 10.1 Å². The van der Waals surface area contributed by atoms with Crippen LogP contribution in [-0.4, -0.2) is 25.0 Å². The number of amides is 1. The minimum Gasteiger partial charge on any atom is -0.406 e. The third-order valence-electron chi connectivity index (χ3n) is 2.56. The van der Waals surface area contributed by atoms with E-state index in [1.165, 1.54) is 12.1 Å². The molecule has 1 atom stereocenters. The molecule has 1 amide bonds. The molecule has 4 nitrogen and oxygen atoms in total. The summed E-state index contributed by atoms with van der Waals surface area (Å²) in [6.07, 6.45) is -3.87. The highest BCUT2D eigenvalue weighted by molar-refractivity contribution is 5.94. The number of rotatable bonds is 3. The third kappa shape index (κ3) is 4.13. The lowest BCUT2D eigenvalue weighted by Crippen LogP contribution is -2.26. The molecule has 0 aromatic heterocycles. The number of carbonyl (C=O) groups excluding carboxylic acids is 1. The van der Waals surface area contributed by atoms with Crippen LogP contribution in [0.25, 0.3) is 0 Å². The zero-order valence-corrected chi connectivity index (χ0v) is 9.87. The Morgan fingerprint density at radius 2 is 2.21 bits per heavy atom. The first kappa shape index (κ1) is 13.7. The number of alkyl halides is 3. The molecule has 0 bridgehead atoms. The summed E-state index contributed by atoms with van der Waals surface area (Å²) in [5, 5.41) is 2.50. The number of nitrogens with one attached hydrogen (secondary N) is 1. The van der Waals surface area contributed by atoms with Crippen LogP contribution in [0.5, 0.6) is 5.75 Å². The van der Waals surface area contributed by atoms with Gasteiger partial charge >= 0.3 is 6.36 Å². The van der Waals surface area contributed by atoms with Gasteiger partial charge in [-0.3, -0.25) is 4.79 Å². The highest BCUT2D eigenvalue weighted by Crippen LogP contribution is 2.25. The Hall–Kier alpha value is -1.76. The van der Waals surface area contributed by atoms with Crippen LogP contribution < -0.4 is 10.1 Å². The quantitative estimate of drug-likeness (QED) is 0.922. The average Bonchev–Trinajstić information content (AvgIpc) is 2.80. The van der Waals surface area contributed by atoms with Gasteiger partial charge in [0, 0.05) is 18.4 Å². The number of hydrogen-bond acceptors (Lipinski definition) is 3. The molecule has 1 N–H and O–H groups in total. The van der Waals surface area contributed by atoms with Gasteiger partial charge in [0.05, 0.1) is 0 Å². The van der Waals surface area contributed by atoms with Crippen LogP contribution in [0.3, 0.4) is 0 Å². The van der Waals surface area contributed by atoms with Crippen molar-refractivity contribution < 1.29 is 27.4 Å². The number of ether oxygens (including phenoxy) is 2. The Labute approximate surface area is 107 Å². The number of anilines is 1. The van der Waals surface area contributed by atoms with E-state index in [-0.39, 0.29) is 17.3 Å². The molecule has 0 aliphatic carbocycles. The average molecular weight is 275 g/mol. The summed E-state index contributed by atoms with van der Waals surface area (Å²) in [5.74, 6) is -0.737. The largest absolute Gasteiger partial charge is 0.573 e. The molecule has 0 spiro atoms. The first-order valence-corrected chi connectivity index (χ1v) is 5.72. The normalized spacial score (nSPS) is 19.2. The summed E-state index contributed by atoms with van der Waals surface area (Å²) >= 11 is 0. The van der Waals surface area contributed by atoms with Crippen LogP contribution in [-0.2, 0) is 9.53 Å². The van der Waals surface area contributed by atoms with Gasteiger partial charge in [0.15, 0.2) is 0 Å². The predicted octanol–water partition coefficient (Wildman–Crippen LogP) is 2.70. The van der Waals surface area contributed by atoms with Gasteiger partial charge in [0.25, 0.3) is 5.91 Å². The molecule has 1 aliphatic rings. The van der Waals surface area contributed by atoms with Gasteiger partial charge in [-0.25, -0.2) is 0 Å². The Balaban J connectivity index is 2.00. The molecule has 0 unspecified atom stereocenters. The van der Waals surface area contributed by atoms with Crippen molar-refractivity contribution in [3.63, 3.8) is 0 Å². The van der Waals surface area contributed by atoms with Crippen LogP contribution in [0.15, 0.2) is 24.3 Å². The Kier molecular flexibility index (Phi) is 3.94. The third-order valence-corrected chi connectivity index (χ3v) is 2.56.